The topological polar surface area (TPSA) is 46.9 Å². The number of rotatable bonds is 8. The van der Waals surface area contributed by atoms with Crippen LogP contribution in [-0.2, 0) is 24.2 Å². The van der Waals surface area contributed by atoms with E-state index in [1.165, 1.54) is 17.3 Å². The van der Waals surface area contributed by atoms with Gasteiger partial charge >= 0.3 is 0 Å². The molecule has 3 aromatic carbocycles. The van der Waals surface area contributed by atoms with E-state index < -0.39 is 0 Å². The van der Waals surface area contributed by atoms with Gasteiger partial charge in [-0.1, -0.05) is 79.3 Å². The first-order valence-corrected chi connectivity index (χ1v) is 11.6. The number of anilines is 1. The predicted octanol–water partition coefficient (Wildman–Crippen LogP) is 5.88. The van der Waals surface area contributed by atoms with Gasteiger partial charge in [-0.05, 0) is 48.6 Å². The summed E-state index contributed by atoms with van der Waals surface area (Å²) < 4.78 is 2.23. The van der Waals surface area contributed by atoms with Gasteiger partial charge in [0.25, 0.3) is 0 Å². The van der Waals surface area contributed by atoms with Crippen LogP contribution in [0.1, 0.15) is 23.6 Å². The van der Waals surface area contributed by atoms with Gasteiger partial charge in [-0.3, -0.25) is 4.79 Å². The Hall–Kier alpha value is -3.05. The Balaban J connectivity index is 1.50. The fraction of sp³-hybridized carbons (Fsp3) is 0.231. The summed E-state index contributed by atoms with van der Waals surface area (Å²) in [4.78, 5) is 17.5. The van der Waals surface area contributed by atoms with Crippen molar-refractivity contribution >= 4 is 34.4 Å². The quantitative estimate of drug-likeness (QED) is 0.356. The molecule has 4 nitrogen and oxygen atoms in total. The lowest BCUT2D eigenvalue weighted by molar-refractivity contribution is -0.113. The van der Waals surface area contributed by atoms with E-state index in [-0.39, 0.29) is 5.91 Å². The predicted molar refractivity (Wildman–Crippen MR) is 130 cm³/mol. The van der Waals surface area contributed by atoms with Crippen LogP contribution in [0, 0.1) is 6.92 Å². The van der Waals surface area contributed by atoms with Crippen LogP contribution < -0.4 is 5.32 Å². The molecule has 0 saturated carbocycles. The zero-order valence-corrected chi connectivity index (χ0v) is 18.8. The normalized spacial score (nSPS) is 11.0. The third kappa shape index (κ3) is 5.00. The molecule has 0 radical (unpaired) electrons. The number of thioether (sulfide) groups is 1. The van der Waals surface area contributed by atoms with Crippen LogP contribution in [0.3, 0.4) is 0 Å². The number of aromatic nitrogens is 2. The van der Waals surface area contributed by atoms with Crippen LogP contribution in [0.25, 0.3) is 11.0 Å². The van der Waals surface area contributed by atoms with Gasteiger partial charge < -0.3 is 9.88 Å². The summed E-state index contributed by atoms with van der Waals surface area (Å²) in [5.74, 6) is 0.322. The largest absolute Gasteiger partial charge is 0.325 e. The number of nitrogens with zero attached hydrogens (tertiary/aromatic N) is 2. The highest BCUT2D eigenvalue weighted by atomic mass is 32.2. The van der Waals surface area contributed by atoms with Crippen LogP contribution >= 0.6 is 11.8 Å². The van der Waals surface area contributed by atoms with E-state index >= 15 is 0 Å². The van der Waals surface area contributed by atoms with Gasteiger partial charge in [0.1, 0.15) is 0 Å². The third-order valence-electron chi connectivity index (χ3n) is 5.42. The van der Waals surface area contributed by atoms with Crippen LogP contribution in [0.4, 0.5) is 5.69 Å². The van der Waals surface area contributed by atoms with Crippen molar-refractivity contribution in [2.24, 2.45) is 0 Å². The van der Waals surface area contributed by atoms with Gasteiger partial charge in [-0.2, -0.15) is 0 Å². The zero-order chi connectivity index (χ0) is 21.6. The SMILES string of the molecule is CCc1cccc(C)c1NC(=O)CSc1nc2ccccc2n1CCc1ccccc1. The van der Waals surface area contributed by atoms with Crippen molar-refractivity contribution in [3.05, 3.63) is 89.5 Å². The first-order valence-electron chi connectivity index (χ1n) is 10.7. The number of amides is 1. The van der Waals surface area contributed by atoms with E-state index in [4.69, 9.17) is 4.98 Å². The number of benzene rings is 3. The summed E-state index contributed by atoms with van der Waals surface area (Å²) in [5.41, 5.74) is 6.55. The molecule has 0 aliphatic heterocycles. The van der Waals surface area contributed by atoms with E-state index in [9.17, 15) is 4.79 Å². The average Bonchev–Trinajstić information content (AvgIpc) is 3.16. The highest BCUT2D eigenvalue weighted by molar-refractivity contribution is 7.99. The van der Waals surface area contributed by atoms with Crippen LogP contribution in [0.2, 0.25) is 0 Å². The summed E-state index contributed by atoms with van der Waals surface area (Å²) in [6, 6.07) is 24.8. The highest BCUT2D eigenvalue weighted by Crippen LogP contribution is 2.26. The van der Waals surface area contributed by atoms with Crippen molar-refractivity contribution in [3.63, 3.8) is 0 Å². The molecule has 5 heteroatoms. The van der Waals surface area contributed by atoms with Crippen LogP contribution in [0.15, 0.2) is 78.0 Å². The molecule has 0 fully saturated rings. The second-order valence-corrected chi connectivity index (χ2v) is 8.51. The molecular formula is C26H27N3OS. The number of imidazole rings is 1. The second-order valence-electron chi connectivity index (χ2n) is 7.57. The summed E-state index contributed by atoms with van der Waals surface area (Å²) in [7, 11) is 0. The molecule has 31 heavy (non-hydrogen) atoms. The summed E-state index contributed by atoms with van der Waals surface area (Å²) in [6.07, 6.45) is 1.81. The molecule has 0 atom stereocenters. The smallest absolute Gasteiger partial charge is 0.234 e. The van der Waals surface area contributed by atoms with Gasteiger partial charge in [0, 0.05) is 12.2 Å². The number of hydrogen-bond donors (Lipinski definition) is 1. The summed E-state index contributed by atoms with van der Waals surface area (Å²) in [5, 5.41) is 4.00. The molecule has 0 bridgehead atoms. The van der Waals surface area contributed by atoms with E-state index in [2.05, 4.69) is 53.2 Å². The molecule has 158 valence electrons. The van der Waals surface area contributed by atoms with E-state index in [1.807, 2.05) is 43.3 Å². The third-order valence-corrected chi connectivity index (χ3v) is 6.40. The maximum Gasteiger partial charge on any atom is 0.234 e. The minimum atomic E-state index is -0.00401. The van der Waals surface area contributed by atoms with Crippen molar-refractivity contribution in [2.45, 2.75) is 38.4 Å². The lowest BCUT2D eigenvalue weighted by atomic mass is 10.1. The standard InChI is InChI=1S/C26H27N3OS/c1-3-21-13-9-10-19(2)25(21)28-24(30)18-31-26-27-22-14-7-8-15-23(22)29(26)17-16-20-11-5-4-6-12-20/h4-15H,3,16-18H2,1-2H3,(H,28,30). The molecule has 0 saturated heterocycles. The van der Waals surface area contributed by atoms with E-state index in [0.717, 1.165) is 52.4 Å². The van der Waals surface area contributed by atoms with Gasteiger partial charge in [-0.25, -0.2) is 4.98 Å². The van der Waals surface area contributed by atoms with Crippen molar-refractivity contribution in [1.29, 1.82) is 0 Å². The molecule has 0 aliphatic carbocycles. The number of aryl methyl sites for hydroxylation is 4. The van der Waals surface area contributed by atoms with Gasteiger partial charge in [0.05, 0.1) is 16.8 Å². The molecule has 1 heterocycles. The minimum absolute atomic E-state index is 0.00401. The molecule has 1 aromatic heterocycles. The average molecular weight is 430 g/mol. The number of fused-ring (bicyclic) bond motifs is 1. The Morgan fingerprint density at radius 3 is 2.58 bits per heavy atom. The summed E-state index contributed by atoms with van der Waals surface area (Å²) >= 11 is 1.49. The Morgan fingerprint density at radius 2 is 1.77 bits per heavy atom. The maximum atomic E-state index is 12.7. The molecule has 1 N–H and O–H groups in total. The fourth-order valence-electron chi connectivity index (χ4n) is 3.77. The molecular weight excluding hydrogens is 402 g/mol. The van der Waals surface area contributed by atoms with Crippen molar-refractivity contribution in [3.8, 4) is 0 Å². The monoisotopic (exact) mass is 429 g/mol. The number of hydrogen-bond acceptors (Lipinski definition) is 3. The second kappa shape index (κ2) is 9.84. The lowest BCUT2D eigenvalue weighted by Gasteiger charge is -2.13. The fourth-order valence-corrected chi connectivity index (χ4v) is 4.61. The number of para-hydroxylation sites is 3. The van der Waals surface area contributed by atoms with E-state index in [0.29, 0.717) is 5.75 Å². The molecule has 4 rings (SSSR count). The van der Waals surface area contributed by atoms with Crippen molar-refractivity contribution < 1.29 is 4.79 Å². The maximum absolute atomic E-state index is 12.7. The number of carbonyl (C=O) groups is 1. The van der Waals surface area contributed by atoms with Crippen LogP contribution in [0.5, 0.6) is 0 Å². The Bertz CT molecular complexity index is 1180. The Morgan fingerprint density at radius 1 is 1.00 bits per heavy atom. The molecule has 0 spiro atoms. The van der Waals surface area contributed by atoms with Gasteiger partial charge in [0.2, 0.25) is 5.91 Å². The molecule has 0 unspecified atom stereocenters. The first kappa shape index (κ1) is 21.2. The molecule has 1 amide bonds. The Kier molecular flexibility index (Phi) is 6.73. The molecule has 4 aromatic rings. The Labute approximate surface area is 187 Å². The minimum Gasteiger partial charge on any atom is -0.325 e. The van der Waals surface area contributed by atoms with E-state index in [1.54, 1.807) is 0 Å². The zero-order valence-electron chi connectivity index (χ0n) is 18.0. The van der Waals surface area contributed by atoms with Gasteiger partial charge in [0.15, 0.2) is 5.16 Å². The number of carbonyl (C=O) groups excluding carboxylic acids is 1. The number of nitrogens with one attached hydrogen (secondary N) is 1. The van der Waals surface area contributed by atoms with Crippen molar-refractivity contribution in [1.82, 2.24) is 9.55 Å². The van der Waals surface area contributed by atoms with Crippen molar-refractivity contribution in [2.75, 3.05) is 11.1 Å². The molecule has 0 aliphatic rings. The van der Waals surface area contributed by atoms with Gasteiger partial charge in [-0.15, -0.1) is 0 Å². The lowest BCUT2D eigenvalue weighted by Crippen LogP contribution is -2.16. The summed E-state index contributed by atoms with van der Waals surface area (Å²) in [6.45, 7) is 4.96. The van der Waals surface area contributed by atoms with Crippen LogP contribution in [-0.4, -0.2) is 21.2 Å². The highest BCUT2D eigenvalue weighted by Gasteiger charge is 2.14. The first-order chi connectivity index (χ1) is 15.2.